The number of rotatable bonds is 2. The molecule has 0 fully saturated rings. The Morgan fingerprint density at radius 3 is 2.85 bits per heavy atom. The van der Waals surface area contributed by atoms with Crippen LogP contribution in [0.5, 0.6) is 0 Å². The number of hydrogen-bond acceptors (Lipinski definition) is 3. The van der Waals surface area contributed by atoms with E-state index in [0.29, 0.717) is 10.5 Å². The second-order valence-corrected chi connectivity index (χ2v) is 2.76. The van der Waals surface area contributed by atoms with Crippen LogP contribution in [0.2, 0.25) is 0 Å². The fourth-order valence-corrected chi connectivity index (χ4v) is 1.04. The van der Waals surface area contributed by atoms with Gasteiger partial charge in [-0.25, -0.2) is 10.2 Å². The molecule has 5 N–H and O–H groups in total. The number of urea groups is 1. The number of aryl methyl sites for hydroxylation is 1. The van der Waals surface area contributed by atoms with Gasteiger partial charge in [-0.15, -0.1) is 0 Å². The Hall–Kier alpha value is -1.63. The molecule has 0 aliphatic rings. The number of primary amides is 1. The summed E-state index contributed by atoms with van der Waals surface area (Å²) in [5, 5.41) is 3.57. The summed E-state index contributed by atoms with van der Waals surface area (Å²) in [6.07, 6.45) is 1.42. The molecular formula is C6H9N5OS. The van der Waals surface area contributed by atoms with E-state index in [0.717, 1.165) is 5.69 Å². The van der Waals surface area contributed by atoms with E-state index in [9.17, 15) is 4.79 Å². The number of amides is 2. The maximum Gasteiger partial charge on any atom is 0.332 e. The average molecular weight is 199 g/mol. The smallest absolute Gasteiger partial charge is 0.332 e. The van der Waals surface area contributed by atoms with Crippen molar-refractivity contribution in [3.05, 3.63) is 16.2 Å². The van der Waals surface area contributed by atoms with Gasteiger partial charge in [0.1, 0.15) is 0 Å². The number of carbonyl (C=O) groups is 1. The van der Waals surface area contributed by atoms with Crippen LogP contribution in [-0.2, 0) is 0 Å². The number of nitrogens with one attached hydrogen (secondary N) is 3. The summed E-state index contributed by atoms with van der Waals surface area (Å²) in [7, 11) is 0. The van der Waals surface area contributed by atoms with Gasteiger partial charge in [-0.3, -0.25) is 0 Å². The molecule has 0 aliphatic heterocycles. The van der Waals surface area contributed by atoms with Crippen LogP contribution in [0.25, 0.3) is 0 Å². The van der Waals surface area contributed by atoms with Crippen molar-refractivity contribution in [2.24, 2.45) is 10.8 Å². The monoisotopic (exact) mass is 199 g/mol. The molecule has 70 valence electrons. The van der Waals surface area contributed by atoms with Gasteiger partial charge >= 0.3 is 6.03 Å². The Labute approximate surface area is 79.2 Å². The number of nitrogens with zero attached hydrogens (tertiary/aromatic N) is 1. The zero-order valence-electron chi connectivity index (χ0n) is 6.92. The number of hydrazone groups is 1. The lowest BCUT2D eigenvalue weighted by molar-refractivity contribution is 0.249. The minimum absolute atomic E-state index is 0.512. The molecule has 1 aromatic heterocycles. The highest BCUT2D eigenvalue weighted by Crippen LogP contribution is 1.97. The molecule has 0 bridgehead atoms. The topological polar surface area (TPSA) is 99.1 Å². The van der Waals surface area contributed by atoms with Crippen molar-refractivity contribution >= 4 is 24.5 Å². The second kappa shape index (κ2) is 3.85. The van der Waals surface area contributed by atoms with E-state index in [1.807, 2.05) is 6.92 Å². The number of aromatic amines is 2. The molecule has 0 atom stereocenters. The predicted octanol–water partition coefficient (Wildman–Crippen LogP) is 0.383. The van der Waals surface area contributed by atoms with Crippen molar-refractivity contribution in [2.45, 2.75) is 6.92 Å². The largest absolute Gasteiger partial charge is 0.350 e. The van der Waals surface area contributed by atoms with Crippen LogP contribution >= 0.6 is 12.2 Å². The lowest BCUT2D eigenvalue weighted by Crippen LogP contribution is -2.24. The summed E-state index contributed by atoms with van der Waals surface area (Å²) in [4.78, 5) is 15.9. The Bertz CT molecular complexity index is 390. The molecule has 1 rings (SSSR count). The zero-order valence-corrected chi connectivity index (χ0v) is 7.73. The third kappa shape index (κ3) is 2.71. The van der Waals surface area contributed by atoms with Gasteiger partial charge in [0.15, 0.2) is 4.77 Å². The third-order valence-electron chi connectivity index (χ3n) is 1.32. The summed E-state index contributed by atoms with van der Waals surface area (Å²) in [5.41, 5.74) is 8.42. The van der Waals surface area contributed by atoms with Crippen LogP contribution in [0.15, 0.2) is 5.10 Å². The highest BCUT2D eigenvalue weighted by Gasteiger charge is 1.96. The first-order valence-electron chi connectivity index (χ1n) is 3.47. The first-order valence-corrected chi connectivity index (χ1v) is 3.88. The summed E-state index contributed by atoms with van der Waals surface area (Å²) in [6, 6.07) is -0.706. The molecule has 0 saturated heterocycles. The number of carbonyl (C=O) groups excluding carboxylic acids is 1. The fraction of sp³-hybridized carbons (Fsp3) is 0.167. The summed E-state index contributed by atoms with van der Waals surface area (Å²) < 4.78 is 0.512. The number of nitrogens with two attached hydrogens (primary N) is 1. The highest BCUT2D eigenvalue weighted by atomic mass is 32.1. The van der Waals surface area contributed by atoms with Crippen LogP contribution in [-0.4, -0.2) is 22.2 Å². The highest BCUT2D eigenvalue weighted by molar-refractivity contribution is 7.71. The standard InChI is InChI=1S/C6H9N5OS/c1-3-4(10-6(13)9-3)2-8-11-5(7)12/h2H,1H3,(H3,7,11,12)(H2,9,10,13)/b8-2+. The van der Waals surface area contributed by atoms with Crippen molar-refractivity contribution < 1.29 is 4.79 Å². The predicted molar refractivity (Wildman–Crippen MR) is 51.0 cm³/mol. The summed E-state index contributed by atoms with van der Waals surface area (Å²) in [5.74, 6) is 0. The van der Waals surface area contributed by atoms with E-state index in [4.69, 9.17) is 18.0 Å². The quantitative estimate of drug-likeness (QED) is 0.314. The van der Waals surface area contributed by atoms with Gasteiger partial charge in [-0.2, -0.15) is 5.10 Å². The molecule has 0 aliphatic carbocycles. The molecule has 1 aromatic rings. The average Bonchev–Trinajstić information content (AvgIpc) is 2.29. The van der Waals surface area contributed by atoms with Crippen LogP contribution in [0.3, 0.4) is 0 Å². The minimum atomic E-state index is -0.706. The lowest BCUT2D eigenvalue weighted by atomic mass is 10.4. The zero-order chi connectivity index (χ0) is 9.84. The van der Waals surface area contributed by atoms with Crippen LogP contribution in [0, 0.1) is 11.7 Å². The fourth-order valence-electron chi connectivity index (χ4n) is 0.774. The molecule has 0 aromatic carbocycles. The van der Waals surface area contributed by atoms with Crippen LogP contribution in [0.1, 0.15) is 11.4 Å². The van der Waals surface area contributed by atoms with E-state index in [2.05, 4.69) is 20.5 Å². The molecule has 7 heteroatoms. The number of H-pyrrole nitrogens is 2. The van der Waals surface area contributed by atoms with Crippen molar-refractivity contribution in [1.82, 2.24) is 15.4 Å². The molecule has 2 amide bonds. The third-order valence-corrected chi connectivity index (χ3v) is 1.53. The van der Waals surface area contributed by atoms with Gasteiger partial charge in [0.05, 0.1) is 11.9 Å². The van der Waals surface area contributed by atoms with E-state index in [1.54, 1.807) is 0 Å². The van der Waals surface area contributed by atoms with E-state index in [-0.39, 0.29) is 0 Å². The van der Waals surface area contributed by atoms with Crippen molar-refractivity contribution in [3.63, 3.8) is 0 Å². The first kappa shape index (κ1) is 9.46. The van der Waals surface area contributed by atoms with Crippen molar-refractivity contribution in [2.75, 3.05) is 0 Å². The number of imidazole rings is 1. The SMILES string of the molecule is Cc1[nH]c(=S)[nH]c1/C=N/NC(N)=O. The molecule has 0 saturated carbocycles. The van der Waals surface area contributed by atoms with Crippen molar-refractivity contribution in [3.8, 4) is 0 Å². The Balaban J connectivity index is 2.74. The minimum Gasteiger partial charge on any atom is -0.350 e. The van der Waals surface area contributed by atoms with Gasteiger partial charge in [0.2, 0.25) is 0 Å². The van der Waals surface area contributed by atoms with Gasteiger partial charge in [0, 0.05) is 5.69 Å². The normalized spacial score (nSPS) is 10.5. The molecule has 6 nitrogen and oxygen atoms in total. The Kier molecular flexibility index (Phi) is 2.80. The number of aromatic nitrogens is 2. The van der Waals surface area contributed by atoms with Crippen LogP contribution < -0.4 is 11.2 Å². The lowest BCUT2D eigenvalue weighted by Gasteiger charge is -1.90. The Morgan fingerprint density at radius 2 is 2.38 bits per heavy atom. The van der Waals surface area contributed by atoms with E-state index >= 15 is 0 Å². The van der Waals surface area contributed by atoms with E-state index in [1.165, 1.54) is 6.21 Å². The summed E-state index contributed by atoms with van der Waals surface area (Å²) >= 11 is 4.84. The molecule has 0 radical (unpaired) electrons. The maximum atomic E-state index is 10.2. The van der Waals surface area contributed by atoms with Crippen LogP contribution in [0.4, 0.5) is 4.79 Å². The van der Waals surface area contributed by atoms with Gasteiger partial charge in [-0.05, 0) is 19.1 Å². The van der Waals surface area contributed by atoms with Gasteiger partial charge < -0.3 is 15.7 Å². The molecular weight excluding hydrogens is 190 g/mol. The summed E-state index contributed by atoms with van der Waals surface area (Å²) in [6.45, 7) is 1.83. The number of hydrogen-bond donors (Lipinski definition) is 4. The molecule has 0 spiro atoms. The molecule has 13 heavy (non-hydrogen) atoms. The molecule has 1 heterocycles. The van der Waals surface area contributed by atoms with E-state index < -0.39 is 6.03 Å². The maximum absolute atomic E-state index is 10.2. The second-order valence-electron chi connectivity index (χ2n) is 2.35. The van der Waals surface area contributed by atoms with Gasteiger partial charge in [-0.1, -0.05) is 0 Å². The van der Waals surface area contributed by atoms with Gasteiger partial charge in [0.25, 0.3) is 0 Å². The van der Waals surface area contributed by atoms with Crippen molar-refractivity contribution in [1.29, 1.82) is 0 Å². The first-order chi connectivity index (χ1) is 6.09. The Morgan fingerprint density at radius 1 is 1.69 bits per heavy atom. The molecule has 0 unspecified atom stereocenters.